The molecule has 1 aliphatic heterocycles. The first-order valence-electron chi connectivity index (χ1n) is 7.85. The number of benzene rings is 1. The molecule has 1 aromatic rings. The zero-order valence-corrected chi connectivity index (χ0v) is 13.3. The van der Waals surface area contributed by atoms with Crippen molar-refractivity contribution in [3.8, 4) is 0 Å². The molecule has 0 bridgehead atoms. The highest BCUT2D eigenvalue weighted by Gasteiger charge is 2.35. The number of amides is 1. The van der Waals surface area contributed by atoms with Gasteiger partial charge in [0.05, 0.1) is 0 Å². The lowest BCUT2D eigenvalue weighted by atomic mass is 9.82. The van der Waals surface area contributed by atoms with Crippen LogP contribution in [-0.4, -0.2) is 23.9 Å². The molecule has 3 nitrogen and oxygen atoms in total. The first-order chi connectivity index (χ1) is 9.74. The molecule has 2 N–H and O–H groups in total. The molecule has 1 saturated heterocycles. The van der Waals surface area contributed by atoms with E-state index in [9.17, 15) is 4.79 Å². The van der Waals surface area contributed by atoms with E-state index in [0.717, 1.165) is 42.6 Å². The van der Waals surface area contributed by atoms with Crippen molar-refractivity contribution in [2.75, 3.05) is 18.8 Å². The highest BCUT2D eigenvalue weighted by atomic mass is 35.5. The normalized spacial score (nSPS) is 24.3. The number of nitrogen functional groups attached to an aromatic ring is 1. The van der Waals surface area contributed by atoms with Crippen LogP contribution < -0.4 is 5.73 Å². The monoisotopic (exact) mass is 308 g/mol. The van der Waals surface area contributed by atoms with Gasteiger partial charge in [-0.2, -0.15) is 0 Å². The van der Waals surface area contributed by atoms with Crippen molar-refractivity contribution in [3.63, 3.8) is 0 Å². The van der Waals surface area contributed by atoms with Crippen molar-refractivity contribution in [2.24, 2.45) is 11.8 Å². The van der Waals surface area contributed by atoms with E-state index in [-0.39, 0.29) is 12.4 Å². The van der Waals surface area contributed by atoms with Gasteiger partial charge in [-0.05, 0) is 42.7 Å². The summed E-state index contributed by atoms with van der Waals surface area (Å²) >= 11 is 0. The van der Waals surface area contributed by atoms with E-state index in [1.165, 1.54) is 25.7 Å². The van der Waals surface area contributed by atoms with Crippen molar-refractivity contribution in [1.82, 2.24) is 4.90 Å². The van der Waals surface area contributed by atoms with E-state index < -0.39 is 0 Å². The summed E-state index contributed by atoms with van der Waals surface area (Å²) < 4.78 is 0. The van der Waals surface area contributed by atoms with Gasteiger partial charge in [-0.3, -0.25) is 4.79 Å². The maximum Gasteiger partial charge on any atom is 0.222 e. The predicted molar refractivity (Wildman–Crippen MR) is 88.5 cm³/mol. The second-order valence-electron chi connectivity index (χ2n) is 6.30. The fraction of sp³-hybridized carbons (Fsp3) is 0.588. The number of hydrogen-bond acceptors (Lipinski definition) is 2. The zero-order chi connectivity index (χ0) is 13.9. The molecule has 1 amide bonds. The number of aryl methyl sites for hydroxylation is 1. The molecule has 1 aromatic carbocycles. The highest BCUT2D eigenvalue weighted by molar-refractivity contribution is 5.85. The highest BCUT2D eigenvalue weighted by Crippen LogP contribution is 2.36. The van der Waals surface area contributed by atoms with E-state index in [0.29, 0.717) is 12.3 Å². The van der Waals surface area contributed by atoms with Crippen LogP contribution >= 0.6 is 12.4 Å². The van der Waals surface area contributed by atoms with Crippen molar-refractivity contribution < 1.29 is 4.79 Å². The summed E-state index contributed by atoms with van der Waals surface area (Å²) in [5.41, 5.74) is 7.83. The molecule has 0 spiro atoms. The molecule has 1 heterocycles. The van der Waals surface area contributed by atoms with Crippen LogP contribution in [0, 0.1) is 11.8 Å². The van der Waals surface area contributed by atoms with E-state index in [4.69, 9.17) is 5.73 Å². The average molecular weight is 309 g/mol. The number of rotatable bonds is 3. The summed E-state index contributed by atoms with van der Waals surface area (Å²) in [4.78, 5) is 14.5. The Balaban J connectivity index is 0.00000161. The third kappa shape index (κ3) is 3.70. The third-order valence-corrected chi connectivity index (χ3v) is 4.99. The van der Waals surface area contributed by atoms with Crippen LogP contribution in [0.5, 0.6) is 0 Å². The topological polar surface area (TPSA) is 46.3 Å². The molecule has 2 unspecified atom stereocenters. The van der Waals surface area contributed by atoms with Gasteiger partial charge in [0, 0.05) is 25.2 Å². The Labute approximate surface area is 133 Å². The summed E-state index contributed by atoms with van der Waals surface area (Å²) in [7, 11) is 0. The van der Waals surface area contributed by atoms with E-state index in [1.807, 2.05) is 24.3 Å². The smallest absolute Gasteiger partial charge is 0.222 e. The molecule has 2 fully saturated rings. The molecule has 1 aliphatic carbocycles. The number of halogens is 1. The maximum atomic E-state index is 12.4. The number of hydrogen-bond donors (Lipinski definition) is 1. The lowest BCUT2D eigenvalue weighted by molar-refractivity contribution is -0.130. The van der Waals surface area contributed by atoms with Crippen LogP contribution in [0.25, 0.3) is 0 Å². The van der Waals surface area contributed by atoms with Gasteiger partial charge < -0.3 is 10.6 Å². The van der Waals surface area contributed by atoms with Crippen LogP contribution in [0.2, 0.25) is 0 Å². The fourth-order valence-corrected chi connectivity index (χ4v) is 3.77. The van der Waals surface area contributed by atoms with Crippen molar-refractivity contribution in [2.45, 2.75) is 38.5 Å². The number of nitrogens with zero attached hydrogens (tertiary/aromatic N) is 1. The molecule has 3 rings (SSSR count). The van der Waals surface area contributed by atoms with Crippen LogP contribution in [-0.2, 0) is 11.2 Å². The number of carbonyl (C=O) groups excluding carboxylic acids is 1. The minimum absolute atomic E-state index is 0. The molecule has 0 aromatic heterocycles. The fourth-order valence-electron chi connectivity index (χ4n) is 3.77. The Morgan fingerprint density at radius 3 is 2.38 bits per heavy atom. The summed E-state index contributed by atoms with van der Waals surface area (Å²) in [6, 6.07) is 7.85. The zero-order valence-electron chi connectivity index (χ0n) is 12.5. The molecule has 1 saturated carbocycles. The van der Waals surface area contributed by atoms with Crippen LogP contribution in [0.1, 0.15) is 37.7 Å². The quantitative estimate of drug-likeness (QED) is 0.871. The van der Waals surface area contributed by atoms with Gasteiger partial charge in [0.25, 0.3) is 0 Å². The number of carbonyl (C=O) groups is 1. The van der Waals surface area contributed by atoms with Gasteiger partial charge in [-0.25, -0.2) is 0 Å². The molecule has 0 radical (unpaired) electrons. The maximum absolute atomic E-state index is 12.4. The van der Waals surface area contributed by atoms with Gasteiger partial charge in [0.2, 0.25) is 5.91 Å². The van der Waals surface area contributed by atoms with E-state index in [2.05, 4.69) is 4.90 Å². The Morgan fingerprint density at radius 2 is 1.76 bits per heavy atom. The minimum atomic E-state index is 0. The molecule has 2 atom stereocenters. The lowest BCUT2D eigenvalue weighted by Gasteiger charge is -2.22. The number of nitrogens with two attached hydrogens (primary N) is 1. The van der Waals surface area contributed by atoms with Crippen LogP contribution in [0.4, 0.5) is 5.69 Å². The van der Waals surface area contributed by atoms with Crippen LogP contribution in [0.15, 0.2) is 24.3 Å². The van der Waals surface area contributed by atoms with Gasteiger partial charge in [-0.1, -0.05) is 31.0 Å². The van der Waals surface area contributed by atoms with E-state index in [1.54, 1.807) is 0 Å². The number of likely N-dealkylation sites (tertiary alicyclic amines) is 1. The van der Waals surface area contributed by atoms with Gasteiger partial charge in [0.1, 0.15) is 0 Å². The molecule has 21 heavy (non-hydrogen) atoms. The van der Waals surface area contributed by atoms with Gasteiger partial charge >= 0.3 is 0 Å². The minimum Gasteiger partial charge on any atom is -0.399 e. The Morgan fingerprint density at radius 1 is 1.14 bits per heavy atom. The van der Waals surface area contributed by atoms with Gasteiger partial charge in [0.15, 0.2) is 0 Å². The molecule has 2 aliphatic rings. The Bertz CT molecular complexity index is 477. The second kappa shape index (κ2) is 7.17. The summed E-state index contributed by atoms with van der Waals surface area (Å²) in [5.74, 6) is 1.85. The Hall–Kier alpha value is -1.22. The number of fused-ring (bicyclic) bond motifs is 1. The molecular weight excluding hydrogens is 284 g/mol. The van der Waals surface area contributed by atoms with Gasteiger partial charge in [-0.15, -0.1) is 12.4 Å². The van der Waals surface area contributed by atoms with E-state index >= 15 is 0 Å². The average Bonchev–Trinajstić information content (AvgIpc) is 2.90. The Kier molecular flexibility index (Phi) is 5.51. The third-order valence-electron chi connectivity index (χ3n) is 4.99. The van der Waals surface area contributed by atoms with Crippen molar-refractivity contribution in [3.05, 3.63) is 29.8 Å². The predicted octanol–water partition coefficient (Wildman–Crippen LogP) is 3.27. The molecule has 4 heteroatoms. The molecular formula is C17H25ClN2O. The summed E-state index contributed by atoms with van der Waals surface area (Å²) in [6.07, 6.45) is 6.69. The second-order valence-corrected chi connectivity index (χ2v) is 6.30. The first kappa shape index (κ1) is 16.2. The first-order valence-corrected chi connectivity index (χ1v) is 7.85. The number of para-hydroxylation sites is 1. The van der Waals surface area contributed by atoms with Crippen LogP contribution in [0.3, 0.4) is 0 Å². The molecule has 116 valence electrons. The lowest BCUT2D eigenvalue weighted by Crippen LogP contribution is -2.29. The largest absolute Gasteiger partial charge is 0.399 e. The summed E-state index contributed by atoms with van der Waals surface area (Å²) in [6.45, 7) is 1.99. The number of anilines is 1. The van der Waals surface area contributed by atoms with Crippen molar-refractivity contribution >= 4 is 24.0 Å². The van der Waals surface area contributed by atoms with Crippen molar-refractivity contribution in [1.29, 1.82) is 0 Å². The SMILES string of the molecule is Cl.Nc1ccccc1CCC(=O)N1CC2CCCCC2C1. The summed E-state index contributed by atoms with van der Waals surface area (Å²) in [5, 5.41) is 0. The standard InChI is InChI=1S/C17H24N2O.ClH/c18-16-8-4-3-5-13(16)9-10-17(20)19-11-14-6-1-2-7-15(14)12-19;/h3-5,8,14-15H,1-2,6-7,9-12,18H2;1H.